The summed E-state index contributed by atoms with van der Waals surface area (Å²) in [6.07, 6.45) is 9.15. The van der Waals surface area contributed by atoms with Crippen molar-refractivity contribution in [1.82, 2.24) is 19.9 Å². The van der Waals surface area contributed by atoms with Crippen molar-refractivity contribution < 1.29 is 9.47 Å². The number of nitrogen functional groups attached to an aromatic ring is 2. The van der Waals surface area contributed by atoms with Crippen LogP contribution in [0.1, 0.15) is 47.9 Å². The number of nitrogens with two attached hydrogens (primary N) is 2. The van der Waals surface area contributed by atoms with Crippen molar-refractivity contribution in [3.63, 3.8) is 0 Å². The van der Waals surface area contributed by atoms with Gasteiger partial charge in [-0.3, -0.25) is 0 Å². The quantitative estimate of drug-likeness (QED) is 0.570. The molecular weight excluding hydrogens is 428 g/mol. The third-order valence-electron chi connectivity index (χ3n) is 6.74. The molecule has 8 heteroatoms. The molecule has 0 amide bonds. The summed E-state index contributed by atoms with van der Waals surface area (Å²) in [5, 5.41) is 0. The lowest BCUT2D eigenvalue weighted by atomic mass is 9.92. The molecule has 0 saturated heterocycles. The summed E-state index contributed by atoms with van der Waals surface area (Å²) in [6.45, 7) is 4.39. The predicted molar refractivity (Wildman–Crippen MR) is 133 cm³/mol. The van der Waals surface area contributed by atoms with E-state index in [0.717, 1.165) is 49.2 Å². The van der Waals surface area contributed by atoms with Crippen molar-refractivity contribution in [2.24, 2.45) is 0 Å². The average molecular weight is 461 g/mol. The van der Waals surface area contributed by atoms with E-state index in [1.54, 1.807) is 18.5 Å². The van der Waals surface area contributed by atoms with E-state index in [1.165, 1.54) is 29.5 Å². The Morgan fingerprint density at radius 1 is 1.09 bits per heavy atom. The summed E-state index contributed by atoms with van der Waals surface area (Å²) in [4.78, 5) is 15.6. The second-order valence-electron chi connectivity index (χ2n) is 9.39. The molecule has 8 nitrogen and oxygen atoms in total. The van der Waals surface area contributed by atoms with Crippen LogP contribution in [-0.2, 0) is 19.6 Å². The first kappa shape index (κ1) is 22.4. The van der Waals surface area contributed by atoms with Crippen LogP contribution in [0.3, 0.4) is 0 Å². The van der Waals surface area contributed by atoms with Gasteiger partial charge in [0.05, 0.1) is 24.2 Å². The zero-order valence-electron chi connectivity index (χ0n) is 19.9. The lowest BCUT2D eigenvalue weighted by molar-refractivity contribution is 0.200. The monoisotopic (exact) mass is 460 g/mol. The Morgan fingerprint density at radius 3 is 2.74 bits per heavy atom. The van der Waals surface area contributed by atoms with Gasteiger partial charge < -0.3 is 25.8 Å². The van der Waals surface area contributed by atoms with Crippen molar-refractivity contribution >= 4 is 11.6 Å². The van der Waals surface area contributed by atoms with Gasteiger partial charge in [0.15, 0.2) is 5.82 Å². The number of hydrogen-bond donors (Lipinski definition) is 2. The number of benzene rings is 1. The van der Waals surface area contributed by atoms with E-state index < -0.39 is 0 Å². The van der Waals surface area contributed by atoms with Crippen molar-refractivity contribution in [1.29, 1.82) is 0 Å². The topological polar surface area (TPSA) is 112 Å². The first-order valence-corrected chi connectivity index (χ1v) is 11.9. The first-order chi connectivity index (χ1) is 16.5. The van der Waals surface area contributed by atoms with Crippen LogP contribution in [0.15, 0.2) is 30.6 Å². The zero-order valence-corrected chi connectivity index (χ0v) is 19.9. The van der Waals surface area contributed by atoms with Gasteiger partial charge in [-0.25, -0.2) is 15.0 Å². The Labute approximate surface area is 200 Å². The van der Waals surface area contributed by atoms with Gasteiger partial charge in [0.1, 0.15) is 18.2 Å². The van der Waals surface area contributed by atoms with Crippen molar-refractivity contribution in [2.45, 2.75) is 58.3 Å². The molecule has 0 radical (unpaired) electrons. The van der Waals surface area contributed by atoms with E-state index in [2.05, 4.69) is 41.0 Å². The normalized spacial score (nSPS) is 16.4. The Kier molecular flexibility index (Phi) is 6.24. The molecule has 178 valence electrons. The van der Waals surface area contributed by atoms with Crippen molar-refractivity contribution in [2.75, 3.05) is 25.1 Å². The molecule has 1 aliphatic carbocycles. The third kappa shape index (κ3) is 4.77. The molecule has 0 atom stereocenters. The summed E-state index contributed by atoms with van der Waals surface area (Å²) in [6, 6.07) is 6.16. The minimum absolute atomic E-state index is 0.212. The maximum absolute atomic E-state index is 6.18. The van der Waals surface area contributed by atoms with Crippen LogP contribution >= 0.6 is 0 Å². The fraction of sp³-hybridized carbons (Fsp3) is 0.423. The number of aryl methyl sites for hydroxylation is 1. The molecule has 3 heterocycles. The van der Waals surface area contributed by atoms with Crippen LogP contribution in [0, 0.1) is 6.92 Å². The Bertz CT molecular complexity index is 1190. The molecule has 2 aromatic heterocycles. The highest BCUT2D eigenvalue weighted by molar-refractivity contribution is 5.64. The maximum Gasteiger partial charge on any atom is 0.258 e. The number of anilines is 2. The second-order valence-corrected chi connectivity index (χ2v) is 9.39. The van der Waals surface area contributed by atoms with Gasteiger partial charge in [-0.05, 0) is 81.0 Å². The van der Waals surface area contributed by atoms with Crippen LogP contribution in [0.5, 0.6) is 11.6 Å². The molecule has 0 spiro atoms. The molecule has 34 heavy (non-hydrogen) atoms. The maximum atomic E-state index is 6.18. The number of nitrogens with zero attached hydrogens (tertiary/aromatic N) is 4. The number of pyridine rings is 1. The largest absolute Gasteiger partial charge is 0.488 e. The van der Waals surface area contributed by atoms with Crippen LogP contribution in [0.25, 0.3) is 11.3 Å². The molecule has 2 aliphatic rings. The first-order valence-electron chi connectivity index (χ1n) is 11.9. The lowest BCUT2D eigenvalue weighted by Gasteiger charge is -2.27. The summed E-state index contributed by atoms with van der Waals surface area (Å²) in [5.41, 5.74) is 18.7. The molecular formula is C26H32N6O2. The van der Waals surface area contributed by atoms with E-state index in [1.807, 2.05) is 0 Å². The lowest BCUT2D eigenvalue weighted by Crippen LogP contribution is -2.27. The smallest absolute Gasteiger partial charge is 0.258 e. The number of hydrogen-bond acceptors (Lipinski definition) is 8. The van der Waals surface area contributed by atoms with E-state index in [4.69, 9.17) is 25.9 Å². The Morgan fingerprint density at radius 2 is 1.91 bits per heavy atom. The van der Waals surface area contributed by atoms with Gasteiger partial charge in [0.2, 0.25) is 0 Å². The minimum Gasteiger partial charge on any atom is -0.488 e. The van der Waals surface area contributed by atoms with Crippen LogP contribution < -0.4 is 20.9 Å². The van der Waals surface area contributed by atoms with Crippen molar-refractivity contribution in [3.8, 4) is 22.9 Å². The van der Waals surface area contributed by atoms with Gasteiger partial charge in [0.25, 0.3) is 5.88 Å². The highest BCUT2D eigenvalue weighted by Gasteiger charge is 2.20. The fourth-order valence-electron chi connectivity index (χ4n) is 4.89. The van der Waals surface area contributed by atoms with Gasteiger partial charge in [-0.2, -0.15) is 0 Å². The summed E-state index contributed by atoms with van der Waals surface area (Å²) >= 11 is 0. The van der Waals surface area contributed by atoms with Gasteiger partial charge in [-0.1, -0.05) is 0 Å². The Hall–Kier alpha value is -3.39. The van der Waals surface area contributed by atoms with E-state index in [0.29, 0.717) is 17.4 Å². The predicted octanol–water partition coefficient (Wildman–Crippen LogP) is 3.90. The van der Waals surface area contributed by atoms with Crippen LogP contribution in [-0.4, -0.2) is 39.5 Å². The van der Waals surface area contributed by atoms with E-state index in [-0.39, 0.29) is 18.5 Å². The molecule has 1 saturated carbocycles. The number of ether oxygens (including phenoxy) is 2. The number of fused-ring (bicyclic) bond motifs is 1. The fourth-order valence-corrected chi connectivity index (χ4v) is 4.89. The molecule has 3 aromatic rings. The highest BCUT2D eigenvalue weighted by Crippen LogP contribution is 2.31. The zero-order chi connectivity index (χ0) is 23.7. The summed E-state index contributed by atoms with van der Waals surface area (Å²) in [5.74, 6) is 1.66. The number of aromatic nitrogens is 3. The van der Waals surface area contributed by atoms with E-state index in [9.17, 15) is 0 Å². The number of likely N-dealkylation sites (N-methyl/N-ethyl adjacent to an activating group) is 1. The number of rotatable bonds is 6. The molecule has 0 unspecified atom stereocenters. The third-order valence-corrected chi connectivity index (χ3v) is 6.74. The summed E-state index contributed by atoms with van der Waals surface area (Å²) in [7, 11) is 2.15. The molecule has 1 aliphatic heterocycles. The highest BCUT2D eigenvalue weighted by atomic mass is 16.5. The van der Waals surface area contributed by atoms with Crippen molar-refractivity contribution in [3.05, 3.63) is 52.8 Å². The van der Waals surface area contributed by atoms with Gasteiger partial charge >= 0.3 is 0 Å². The standard InChI is InChI=1S/C26H32N6O2/c1-16-9-17(10-18-14-32(2)8-7-21(16)18)22-12-30-25(28)26(31-22)33-15-19-11-24(27)29-13-23(19)34-20-5-3-4-6-20/h9-13,20H,3-8,14-15H2,1-2H3,(H2,27,29)(H2,28,30). The van der Waals surface area contributed by atoms with Gasteiger partial charge in [-0.15, -0.1) is 0 Å². The second kappa shape index (κ2) is 9.46. The van der Waals surface area contributed by atoms with Crippen LogP contribution in [0.2, 0.25) is 0 Å². The molecule has 1 aromatic carbocycles. The summed E-state index contributed by atoms with van der Waals surface area (Å²) < 4.78 is 12.2. The van der Waals surface area contributed by atoms with Gasteiger partial charge in [0, 0.05) is 24.2 Å². The molecule has 1 fully saturated rings. The average Bonchev–Trinajstić information content (AvgIpc) is 3.33. The molecule has 5 rings (SSSR count). The molecule has 0 bridgehead atoms. The van der Waals surface area contributed by atoms with Crippen LogP contribution in [0.4, 0.5) is 11.6 Å². The SMILES string of the molecule is Cc1cc(-c2cnc(N)c(OCc3cc(N)ncc3OC3CCCC3)n2)cc2c1CCN(C)C2. The Balaban J connectivity index is 1.38. The van der Waals surface area contributed by atoms with E-state index >= 15 is 0 Å². The molecule has 4 N–H and O–H groups in total. The minimum atomic E-state index is 0.212.